The van der Waals surface area contributed by atoms with Crippen LogP contribution < -0.4 is 0 Å². The first-order chi connectivity index (χ1) is 12.5. The molecule has 26 heavy (non-hydrogen) atoms. The number of methoxy groups -OCH3 is 1. The maximum atomic E-state index is 12.6. The number of rotatable bonds is 3. The summed E-state index contributed by atoms with van der Waals surface area (Å²) in [5.74, 6) is -1.38. The van der Waals surface area contributed by atoms with Gasteiger partial charge in [0.1, 0.15) is 0 Å². The number of amides is 2. The average Bonchev–Trinajstić information content (AvgIpc) is 2.96. The molecule has 1 heterocycles. The van der Waals surface area contributed by atoms with Gasteiger partial charge in [-0.15, -0.1) is 0 Å². The van der Waals surface area contributed by atoms with E-state index in [1.807, 2.05) is 0 Å². The smallest absolute Gasteiger partial charge is 0.337 e. The molecule has 0 saturated carbocycles. The normalized spacial score (nSPS) is 15.2. The maximum absolute atomic E-state index is 12.6. The highest BCUT2D eigenvalue weighted by Crippen LogP contribution is 2.21. The lowest BCUT2D eigenvalue weighted by Gasteiger charge is -2.09. The van der Waals surface area contributed by atoms with Crippen LogP contribution in [0, 0.1) is 0 Å². The van der Waals surface area contributed by atoms with Crippen molar-refractivity contribution in [2.75, 3.05) is 7.11 Å². The molecule has 6 nitrogen and oxygen atoms in total. The van der Waals surface area contributed by atoms with Crippen molar-refractivity contribution in [3.05, 3.63) is 76.9 Å². The molecule has 1 aliphatic rings. The Kier molecular flexibility index (Phi) is 4.75. The molecular formula is C20H16N2O4. The Balaban J connectivity index is 1.85. The molecule has 1 aliphatic heterocycles. The van der Waals surface area contributed by atoms with Gasteiger partial charge in [-0.05, 0) is 42.8 Å². The van der Waals surface area contributed by atoms with Crippen LogP contribution in [0.4, 0.5) is 0 Å². The van der Waals surface area contributed by atoms with Crippen molar-refractivity contribution in [2.24, 2.45) is 5.10 Å². The van der Waals surface area contributed by atoms with Crippen LogP contribution in [0.15, 0.2) is 65.3 Å². The van der Waals surface area contributed by atoms with Gasteiger partial charge in [-0.1, -0.05) is 30.3 Å². The van der Waals surface area contributed by atoms with Gasteiger partial charge in [0.15, 0.2) is 0 Å². The van der Waals surface area contributed by atoms with Crippen molar-refractivity contribution in [3.8, 4) is 0 Å². The first kappa shape index (κ1) is 17.3. The van der Waals surface area contributed by atoms with Crippen molar-refractivity contribution < 1.29 is 19.1 Å². The summed E-state index contributed by atoms with van der Waals surface area (Å²) in [7, 11) is 1.31. The van der Waals surface area contributed by atoms with Crippen LogP contribution in [0.1, 0.15) is 33.2 Å². The molecule has 130 valence electrons. The fraction of sp³-hybridized carbons (Fsp3) is 0.100. The summed E-state index contributed by atoms with van der Waals surface area (Å²) >= 11 is 0. The summed E-state index contributed by atoms with van der Waals surface area (Å²) in [6, 6.07) is 15.1. The first-order valence-corrected chi connectivity index (χ1v) is 7.90. The third kappa shape index (κ3) is 3.30. The second kappa shape index (κ2) is 7.14. The van der Waals surface area contributed by atoms with Gasteiger partial charge in [0.05, 0.1) is 24.0 Å². The number of imide groups is 1. The molecule has 0 N–H and O–H groups in total. The number of carbonyl (C=O) groups excluding carboxylic acids is 3. The summed E-state index contributed by atoms with van der Waals surface area (Å²) in [6.07, 6.45) is 1.64. The van der Waals surface area contributed by atoms with E-state index in [-0.39, 0.29) is 0 Å². The van der Waals surface area contributed by atoms with Crippen LogP contribution in [-0.4, -0.2) is 35.6 Å². The minimum atomic E-state index is -0.478. The van der Waals surface area contributed by atoms with E-state index in [1.54, 1.807) is 67.6 Å². The lowest BCUT2D eigenvalue weighted by atomic mass is 10.1. The zero-order chi connectivity index (χ0) is 18.7. The molecular weight excluding hydrogens is 332 g/mol. The zero-order valence-corrected chi connectivity index (χ0v) is 14.3. The highest BCUT2D eigenvalue weighted by molar-refractivity contribution is 6.30. The van der Waals surface area contributed by atoms with Crippen LogP contribution in [0.25, 0.3) is 6.08 Å². The molecule has 0 spiro atoms. The standard InChI is InChI=1S/C20H16N2O4/c1-13-17(12-14-8-10-16(11-9-14)20(25)26-2)19(24)22(21-13)18(23)15-6-4-3-5-7-15/h3-12H,1-2H3/b17-12+. The van der Waals surface area contributed by atoms with Crippen molar-refractivity contribution in [1.82, 2.24) is 5.01 Å². The lowest BCUT2D eigenvalue weighted by Crippen LogP contribution is -2.29. The number of nitrogens with zero attached hydrogens (tertiary/aromatic N) is 2. The van der Waals surface area contributed by atoms with Crippen LogP contribution >= 0.6 is 0 Å². The quantitative estimate of drug-likeness (QED) is 0.485. The third-order valence-electron chi connectivity index (χ3n) is 3.92. The summed E-state index contributed by atoms with van der Waals surface area (Å²) in [4.78, 5) is 36.5. The Morgan fingerprint density at radius 2 is 1.65 bits per heavy atom. The molecule has 0 aliphatic carbocycles. The van der Waals surface area contributed by atoms with E-state index in [2.05, 4.69) is 9.84 Å². The lowest BCUT2D eigenvalue weighted by molar-refractivity contribution is -0.123. The van der Waals surface area contributed by atoms with Gasteiger partial charge in [-0.25, -0.2) is 4.79 Å². The second-order valence-corrected chi connectivity index (χ2v) is 5.65. The molecule has 0 unspecified atom stereocenters. The van der Waals surface area contributed by atoms with E-state index in [4.69, 9.17) is 0 Å². The highest BCUT2D eigenvalue weighted by Gasteiger charge is 2.32. The molecule has 0 fully saturated rings. The van der Waals surface area contributed by atoms with Crippen LogP contribution in [0.5, 0.6) is 0 Å². The number of hydrogen-bond donors (Lipinski definition) is 0. The number of esters is 1. The molecule has 0 atom stereocenters. The van der Waals surface area contributed by atoms with Crippen molar-refractivity contribution in [3.63, 3.8) is 0 Å². The molecule has 2 aromatic carbocycles. The molecule has 6 heteroatoms. The number of benzene rings is 2. The Labute approximate surface area is 150 Å². The van der Waals surface area contributed by atoms with E-state index in [9.17, 15) is 14.4 Å². The number of hydrogen-bond acceptors (Lipinski definition) is 5. The maximum Gasteiger partial charge on any atom is 0.337 e. The van der Waals surface area contributed by atoms with E-state index in [0.717, 1.165) is 5.01 Å². The van der Waals surface area contributed by atoms with Gasteiger partial charge >= 0.3 is 5.97 Å². The number of carbonyl (C=O) groups is 3. The monoisotopic (exact) mass is 348 g/mol. The van der Waals surface area contributed by atoms with Crippen LogP contribution in [0.3, 0.4) is 0 Å². The zero-order valence-electron chi connectivity index (χ0n) is 14.3. The van der Waals surface area contributed by atoms with Crippen LogP contribution in [0.2, 0.25) is 0 Å². The van der Waals surface area contributed by atoms with Crippen molar-refractivity contribution in [2.45, 2.75) is 6.92 Å². The summed E-state index contributed by atoms with van der Waals surface area (Å²) in [6.45, 7) is 1.67. The van der Waals surface area contributed by atoms with Gasteiger partial charge < -0.3 is 4.74 Å². The Morgan fingerprint density at radius 1 is 1.00 bits per heavy atom. The van der Waals surface area contributed by atoms with E-state index in [0.29, 0.717) is 28.0 Å². The van der Waals surface area contributed by atoms with Gasteiger partial charge in [0, 0.05) is 5.56 Å². The fourth-order valence-electron chi connectivity index (χ4n) is 2.52. The van der Waals surface area contributed by atoms with Crippen molar-refractivity contribution >= 4 is 29.6 Å². The van der Waals surface area contributed by atoms with E-state index in [1.165, 1.54) is 7.11 Å². The van der Waals surface area contributed by atoms with Crippen molar-refractivity contribution in [1.29, 1.82) is 0 Å². The first-order valence-electron chi connectivity index (χ1n) is 7.90. The van der Waals surface area contributed by atoms with Gasteiger partial charge in [-0.3, -0.25) is 9.59 Å². The SMILES string of the molecule is COC(=O)c1ccc(/C=C2/C(=O)N(C(=O)c3ccccc3)N=C2C)cc1. The Bertz CT molecular complexity index is 928. The molecule has 3 rings (SSSR count). The third-order valence-corrected chi connectivity index (χ3v) is 3.92. The molecule has 2 amide bonds. The average molecular weight is 348 g/mol. The minimum Gasteiger partial charge on any atom is -0.465 e. The molecule has 0 bridgehead atoms. The molecule has 0 aromatic heterocycles. The minimum absolute atomic E-state index is 0.333. The summed E-state index contributed by atoms with van der Waals surface area (Å²) in [5, 5.41) is 4.97. The van der Waals surface area contributed by atoms with Gasteiger partial charge in [0.2, 0.25) is 0 Å². The van der Waals surface area contributed by atoms with Gasteiger partial charge in [-0.2, -0.15) is 10.1 Å². The Hall–Kier alpha value is -3.54. The second-order valence-electron chi connectivity index (χ2n) is 5.65. The molecule has 2 aromatic rings. The molecule has 0 saturated heterocycles. The van der Waals surface area contributed by atoms with E-state index >= 15 is 0 Å². The largest absolute Gasteiger partial charge is 0.465 e. The Morgan fingerprint density at radius 3 is 2.27 bits per heavy atom. The summed E-state index contributed by atoms with van der Waals surface area (Å²) in [5.41, 5.74) is 2.31. The number of ether oxygens (including phenoxy) is 1. The highest BCUT2D eigenvalue weighted by atomic mass is 16.5. The fourth-order valence-corrected chi connectivity index (χ4v) is 2.52. The van der Waals surface area contributed by atoms with E-state index < -0.39 is 17.8 Å². The van der Waals surface area contributed by atoms with Crippen LogP contribution in [-0.2, 0) is 9.53 Å². The van der Waals surface area contributed by atoms with Gasteiger partial charge in [0.25, 0.3) is 11.8 Å². The predicted octanol–water partition coefficient (Wildman–Crippen LogP) is 2.92. The number of hydrazone groups is 1. The predicted molar refractivity (Wildman–Crippen MR) is 96.5 cm³/mol. The molecule has 0 radical (unpaired) electrons. The summed E-state index contributed by atoms with van der Waals surface area (Å²) < 4.78 is 4.65. The topological polar surface area (TPSA) is 76.0 Å².